The van der Waals surface area contributed by atoms with E-state index >= 15 is 0 Å². The number of nitrogens with zero attached hydrogens (tertiary/aromatic N) is 4. The summed E-state index contributed by atoms with van der Waals surface area (Å²) in [6, 6.07) is 12.5. The first kappa shape index (κ1) is 20.8. The van der Waals surface area contributed by atoms with Gasteiger partial charge >= 0.3 is 0 Å². The molecular weight excluding hydrogens is 428 g/mol. The van der Waals surface area contributed by atoms with Crippen LogP contribution in [0.15, 0.2) is 51.9 Å². The number of piperazine rings is 1. The van der Waals surface area contributed by atoms with Crippen LogP contribution in [0.2, 0.25) is 0 Å². The predicted molar refractivity (Wildman–Crippen MR) is 118 cm³/mol. The van der Waals surface area contributed by atoms with Gasteiger partial charge in [0, 0.05) is 37.3 Å². The van der Waals surface area contributed by atoms with E-state index in [1.807, 2.05) is 12.1 Å². The molecule has 1 amide bonds. The van der Waals surface area contributed by atoms with E-state index in [1.165, 1.54) is 9.87 Å². The van der Waals surface area contributed by atoms with Gasteiger partial charge in [-0.25, -0.2) is 8.42 Å². The molecule has 5 rings (SSSR count). The van der Waals surface area contributed by atoms with Crippen molar-refractivity contribution >= 4 is 15.9 Å². The fourth-order valence-corrected chi connectivity index (χ4v) is 5.81. The second-order valence-corrected chi connectivity index (χ2v) is 10.1. The Morgan fingerprint density at radius 1 is 0.969 bits per heavy atom. The Bertz CT molecular complexity index is 1260. The van der Waals surface area contributed by atoms with Crippen LogP contribution in [0.3, 0.4) is 0 Å². The molecule has 0 unspecified atom stereocenters. The van der Waals surface area contributed by atoms with Gasteiger partial charge in [0.25, 0.3) is 11.8 Å². The Morgan fingerprint density at radius 2 is 1.69 bits per heavy atom. The lowest BCUT2D eigenvalue weighted by Gasteiger charge is -2.34. The van der Waals surface area contributed by atoms with Crippen molar-refractivity contribution in [1.82, 2.24) is 19.3 Å². The van der Waals surface area contributed by atoms with Crippen molar-refractivity contribution in [3.63, 3.8) is 0 Å². The zero-order valence-corrected chi connectivity index (χ0v) is 18.6. The topological polar surface area (TPSA) is 96.6 Å². The molecule has 0 atom stereocenters. The van der Waals surface area contributed by atoms with Gasteiger partial charge in [0.2, 0.25) is 10.0 Å². The zero-order chi connectivity index (χ0) is 22.3. The van der Waals surface area contributed by atoms with E-state index < -0.39 is 10.0 Å². The summed E-state index contributed by atoms with van der Waals surface area (Å²) in [5.41, 5.74) is 3.67. The highest BCUT2D eigenvalue weighted by atomic mass is 32.2. The Morgan fingerprint density at radius 3 is 2.38 bits per heavy atom. The summed E-state index contributed by atoms with van der Waals surface area (Å²) in [6.45, 7) is 3.02. The van der Waals surface area contributed by atoms with Crippen molar-refractivity contribution in [3.8, 4) is 11.5 Å². The summed E-state index contributed by atoms with van der Waals surface area (Å²) in [6.07, 6.45) is 3.03. The number of aryl methyl sites for hydroxylation is 3. The van der Waals surface area contributed by atoms with Crippen molar-refractivity contribution in [2.75, 3.05) is 26.2 Å². The largest absolute Gasteiger partial charge is 0.336 e. The molecule has 0 bridgehead atoms. The molecule has 0 N–H and O–H groups in total. The lowest BCUT2D eigenvalue weighted by molar-refractivity contribution is 0.0698. The summed E-state index contributed by atoms with van der Waals surface area (Å²) < 4.78 is 32.9. The first-order valence-corrected chi connectivity index (χ1v) is 12.2. The maximum Gasteiger partial charge on any atom is 0.257 e. The molecule has 32 heavy (non-hydrogen) atoms. The van der Waals surface area contributed by atoms with Gasteiger partial charge < -0.3 is 9.42 Å². The third kappa shape index (κ3) is 3.82. The molecule has 2 aliphatic rings. The van der Waals surface area contributed by atoms with E-state index in [4.69, 9.17) is 4.52 Å². The van der Waals surface area contributed by atoms with Gasteiger partial charge in [0.15, 0.2) is 5.82 Å². The first-order valence-electron chi connectivity index (χ1n) is 10.7. The summed E-state index contributed by atoms with van der Waals surface area (Å²) >= 11 is 0. The third-order valence-electron chi connectivity index (χ3n) is 6.14. The molecular formula is C23H24N4O4S. The quantitative estimate of drug-likeness (QED) is 0.604. The lowest BCUT2D eigenvalue weighted by Crippen LogP contribution is -2.50. The minimum atomic E-state index is -3.56. The molecule has 1 aliphatic heterocycles. The fourth-order valence-electron chi connectivity index (χ4n) is 4.34. The van der Waals surface area contributed by atoms with Gasteiger partial charge in [-0.15, -0.1) is 0 Å². The van der Waals surface area contributed by atoms with E-state index in [9.17, 15) is 13.2 Å². The SMILES string of the molecule is Cc1noc(-c2ccc(C(=O)N3CCN(S(=O)(=O)c4ccc5c(c4)CCC5)CC3)cc2)n1. The van der Waals surface area contributed by atoms with Gasteiger partial charge in [-0.05, 0) is 73.7 Å². The van der Waals surface area contributed by atoms with Crippen LogP contribution >= 0.6 is 0 Å². The maximum atomic E-state index is 13.1. The molecule has 8 nitrogen and oxygen atoms in total. The van der Waals surface area contributed by atoms with Crippen LogP contribution in [0.5, 0.6) is 0 Å². The molecule has 1 aromatic heterocycles. The highest BCUT2D eigenvalue weighted by Crippen LogP contribution is 2.27. The molecule has 0 radical (unpaired) electrons. The van der Waals surface area contributed by atoms with Gasteiger partial charge in [-0.2, -0.15) is 9.29 Å². The van der Waals surface area contributed by atoms with Crippen molar-refractivity contribution in [2.24, 2.45) is 0 Å². The monoisotopic (exact) mass is 452 g/mol. The van der Waals surface area contributed by atoms with Gasteiger partial charge in [-0.3, -0.25) is 4.79 Å². The van der Waals surface area contributed by atoms with Crippen LogP contribution in [-0.2, 0) is 22.9 Å². The molecule has 9 heteroatoms. The Labute approximate surface area is 186 Å². The van der Waals surface area contributed by atoms with E-state index in [0.29, 0.717) is 35.3 Å². The van der Waals surface area contributed by atoms with Crippen LogP contribution in [0.4, 0.5) is 0 Å². The molecule has 3 aromatic rings. The number of fused-ring (bicyclic) bond motifs is 1. The van der Waals surface area contributed by atoms with Gasteiger partial charge in [0.1, 0.15) is 0 Å². The molecule has 1 saturated heterocycles. The molecule has 1 aliphatic carbocycles. The molecule has 2 heterocycles. The van der Waals surface area contributed by atoms with Crippen LogP contribution < -0.4 is 0 Å². The van der Waals surface area contributed by atoms with Gasteiger partial charge in [0.05, 0.1) is 4.90 Å². The second-order valence-electron chi connectivity index (χ2n) is 8.20. The molecule has 2 aromatic carbocycles. The highest BCUT2D eigenvalue weighted by Gasteiger charge is 2.31. The molecule has 0 spiro atoms. The number of aromatic nitrogens is 2. The number of carbonyl (C=O) groups excluding carboxylic acids is 1. The Hall–Kier alpha value is -3.04. The first-order chi connectivity index (χ1) is 15.4. The average Bonchev–Trinajstić information content (AvgIpc) is 3.47. The number of hydrogen-bond acceptors (Lipinski definition) is 6. The number of benzene rings is 2. The van der Waals surface area contributed by atoms with Crippen molar-refractivity contribution < 1.29 is 17.7 Å². The van der Waals surface area contributed by atoms with E-state index in [1.54, 1.807) is 42.2 Å². The van der Waals surface area contributed by atoms with E-state index in [2.05, 4.69) is 10.1 Å². The van der Waals surface area contributed by atoms with Gasteiger partial charge in [-0.1, -0.05) is 11.2 Å². The smallest absolute Gasteiger partial charge is 0.257 e. The summed E-state index contributed by atoms with van der Waals surface area (Å²) in [7, 11) is -3.56. The standard InChI is InChI=1S/C23H24N4O4S/c1-16-24-22(31-25-16)18-5-7-19(8-6-18)23(28)26-11-13-27(14-12-26)32(29,30)21-10-9-17-3-2-4-20(17)15-21/h5-10,15H,2-4,11-14H2,1H3. The van der Waals surface area contributed by atoms with Crippen LogP contribution in [0.25, 0.3) is 11.5 Å². The normalized spacial score (nSPS) is 16.8. The highest BCUT2D eigenvalue weighted by molar-refractivity contribution is 7.89. The number of sulfonamides is 1. The minimum Gasteiger partial charge on any atom is -0.336 e. The number of rotatable bonds is 4. The summed E-state index contributed by atoms with van der Waals surface area (Å²) in [5, 5.41) is 3.77. The molecule has 166 valence electrons. The van der Waals surface area contributed by atoms with Crippen LogP contribution in [0, 0.1) is 6.92 Å². The maximum absolute atomic E-state index is 13.1. The van der Waals surface area contributed by atoms with Crippen molar-refractivity contribution in [3.05, 3.63) is 65.0 Å². The Kier molecular flexibility index (Phi) is 5.30. The summed E-state index contributed by atoms with van der Waals surface area (Å²) in [5.74, 6) is 0.840. The molecule has 1 fully saturated rings. The number of hydrogen-bond donors (Lipinski definition) is 0. The van der Waals surface area contributed by atoms with Crippen molar-refractivity contribution in [2.45, 2.75) is 31.1 Å². The zero-order valence-electron chi connectivity index (χ0n) is 17.8. The lowest BCUT2D eigenvalue weighted by atomic mass is 10.1. The summed E-state index contributed by atoms with van der Waals surface area (Å²) in [4.78, 5) is 19.1. The predicted octanol–water partition coefficient (Wildman–Crippen LogP) is 2.68. The van der Waals surface area contributed by atoms with Crippen LogP contribution in [0.1, 0.15) is 33.7 Å². The fraction of sp³-hybridized carbons (Fsp3) is 0.348. The van der Waals surface area contributed by atoms with Crippen molar-refractivity contribution in [1.29, 1.82) is 0 Å². The Balaban J connectivity index is 1.24. The van der Waals surface area contributed by atoms with E-state index in [0.717, 1.165) is 30.4 Å². The minimum absolute atomic E-state index is 0.118. The number of amides is 1. The van der Waals surface area contributed by atoms with Crippen LogP contribution in [-0.4, -0.2) is 59.8 Å². The average molecular weight is 453 g/mol. The third-order valence-corrected chi connectivity index (χ3v) is 8.03. The number of carbonyl (C=O) groups is 1. The second kappa shape index (κ2) is 8.14. The van der Waals surface area contributed by atoms with E-state index in [-0.39, 0.29) is 19.0 Å². The molecule has 0 saturated carbocycles.